The first-order valence-corrected chi connectivity index (χ1v) is 23.3. The van der Waals surface area contributed by atoms with Gasteiger partial charge in [-0.1, -0.05) is 12.8 Å². The third-order valence-corrected chi connectivity index (χ3v) is 9.28. The summed E-state index contributed by atoms with van der Waals surface area (Å²) in [5, 5.41) is 12.7. The van der Waals surface area contributed by atoms with Gasteiger partial charge in [0, 0.05) is 79.3 Å². The van der Waals surface area contributed by atoms with Gasteiger partial charge >= 0.3 is 0 Å². The van der Waals surface area contributed by atoms with Crippen LogP contribution in [0, 0.1) is 0 Å². The van der Waals surface area contributed by atoms with E-state index in [0.717, 1.165) is 4.90 Å². The number of carbonyl (C=O) groups excluding carboxylic acids is 9. The summed E-state index contributed by atoms with van der Waals surface area (Å²) in [5.74, 6) is -4.01. The zero-order valence-electron chi connectivity index (χ0n) is 37.2. The molecule has 0 aliphatic carbocycles. The first kappa shape index (κ1) is 63.8. The molecule has 0 aromatic rings. The van der Waals surface area contributed by atoms with Crippen LogP contribution in [0.5, 0.6) is 0 Å². The van der Waals surface area contributed by atoms with Gasteiger partial charge < -0.3 is 83.9 Å². The predicted octanol–water partition coefficient (Wildman–Crippen LogP) is -7.49. The molecule has 5 N–H and O–H groups in total. The minimum Gasteiger partial charge on any atom is -0.790 e. The van der Waals surface area contributed by atoms with E-state index < -0.39 is 63.6 Å². The summed E-state index contributed by atoms with van der Waals surface area (Å²) in [6.45, 7) is 1.63. The van der Waals surface area contributed by atoms with Crippen molar-refractivity contribution in [3.8, 4) is 0 Å². The molecule has 0 atom stereocenters. The second-order valence-electron chi connectivity index (χ2n) is 13.6. The van der Waals surface area contributed by atoms with Crippen LogP contribution in [0.3, 0.4) is 0 Å². The van der Waals surface area contributed by atoms with Crippen molar-refractivity contribution in [1.29, 1.82) is 0 Å². The van der Waals surface area contributed by atoms with Crippen LogP contribution in [-0.2, 0) is 61.3 Å². The van der Waals surface area contributed by atoms with Crippen molar-refractivity contribution in [3.05, 3.63) is 0 Å². The molecule has 9 amide bonds. The van der Waals surface area contributed by atoms with Gasteiger partial charge in [-0.05, 0) is 38.1 Å². The van der Waals surface area contributed by atoms with Crippen molar-refractivity contribution < 1.29 is 80.9 Å². The molecular weight excluding hydrogens is 912 g/mol. The zero-order valence-corrected chi connectivity index (χ0v) is 39.0. The van der Waals surface area contributed by atoms with Crippen LogP contribution < -0.4 is 46.2 Å². The van der Waals surface area contributed by atoms with Gasteiger partial charge in [0.2, 0.25) is 53.2 Å². The highest BCUT2D eigenvalue weighted by Crippen LogP contribution is 2.25. The summed E-state index contributed by atoms with van der Waals surface area (Å²) in [5.41, 5.74) is 0. The molecule has 66 heavy (non-hydrogen) atoms. The summed E-state index contributed by atoms with van der Waals surface area (Å²) < 4.78 is 29.0. The molecule has 0 saturated carbocycles. The molecule has 0 saturated heterocycles. The quantitative estimate of drug-likeness (QED) is 0.0227. The van der Waals surface area contributed by atoms with Crippen LogP contribution in [0.2, 0.25) is 25.3 Å². The molecule has 0 aliphatic heterocycles. The van der Waals surface area contributed by atoms with Crippen molar-refractivity contribution in [2.75, 3.05) is 98.3 Å². The molecule has 32 heteroatoms. The number of carbonyl (C=O) groups is 9. The van der Waals surface area contributed by atoms with Crippen molar-refractivity contribution in [1.82, 2.24) is 46.2 Å². The Balaban J connectivity index is 0. The standard InChI is InChI=1S/C20H36B2N5O9P.C14H25B2N4O8P/c1-16(28)23-7-9-26(19(31)12-21)15-18(30)25-8-10-27(20(32)13-22)14-17(29)24-6-4-2-3-5-11-36-37(33,34)35;1-11(21)17-2-5-20(14(24)9-16)10-12(22)18-3-4-19(13(23)8-15)6-7-28-29(25,26)27/h2-15H2,1H3,(H,23,28)(H,24,29)(H,25,30)(H2,33,34,35);2-10H2,1H3,(H,17,21)(H,18,22)(H2,25,26,27)/p-4. The SMILES string of the molecule is [B]CC(=O)N(CCNC(=O)CN(CCNC(C)=O)C(=O)C[B])CCOP(=O)([O-])[O-].[B]CC(=O)N(CCNC(C)=O)CC(=O)NCCN(CC(=O)NCCCCCCOP(=O)([O-])[O-])C(=O)C[B]. The maximum absolute atomic E-state index is 12.2. The Morgan fingerprint density at radius 3 is 1.08 bits per heavy atom. The van der Waals surface area contributed by atoms with Crippen LogP contribution in [0.25, 0.3) is 0 Å². The van der Waals surface area contributed by atoms with Crippen LogP contribution in [0.15, 0.2) is 0 Å². The molecule has 26 nitrogen and oxygen atoms in total. The lowest BCUT2D eigenvalue weighted by Crippen LogP contribution is -2.47. The highest BCUT2D eigenvalue weighted by Gasteiger charge is 2.19. The summed E-state index contributed by atoms with van der Waals surface area (Å²) in [6, 6.07) is 0. The Morgan fingerprint density at radius 2 is 0.727 bits per heavy atom. The number of amides is 9. The number of hydrogen-bond donors (Lipinski definition) is 5. The fourth-order valence-electron chi connectivity index (χ4n) is 5.08. The van der Waals surface area contributed by atoms with Crippen LogP contribution in [0.4, 0.5) is 0 Å². The normalized spacial score (nSPS) is 10.9. The third kappa shape index (κ3) is 36.9. The lowest BCUT2D eigenvalue weighted by molar-refractivity contribution is -0.343. The van der Waals surface area contributed by atoms with Crippen molar-refractivity contribution in [2.24, 2.45) is 0 Å². The summed E-state index contributed by atoms with van der Waals surface area (Å²) in [7, 11) is 11.2. The van der Waals surface area contributed by atoms with E-state index in [1.165, 1.54) is 28.5 Å². The third-order valence-electron chi connectivity index (χ3n) is 8.29. The maximum atomic E-state index is 12.2. The second kappa shape index (κ2) is 36.8. The Kier molecular flexibility index (Phi) is 35.6. The van der Waals surface area contributed by atoms with Crippen LogP contribution in [-0.4, -0.2) is 202 Å². The van der Waals surface area contributed by atoms with Crippen LogP contribution in [0.1, 0.15) is 39.5 Å². The van der Waals surface area contributed by atoms with E-state index in [9.17, 15) is 71.9 Å². The van der Waals surface area contributed by atoms with Gasteiger partial charge in [-0.3, -0.25) is 43.2 Å². The molecule has 0 heterocycles. The Bertz CT molecular complexity index is 1650. The largest absolute Gasteiger partial charge is 0.790 e. The Hall–Kier alpha value is -4.29. The van der Waals surface area contributed by atoms with E-state index in [1.807, 2.05) is 0 Å². The van der Waals surface area contributed by atoms with E-state index in [4.69, 9.17) is 31.4 Å². The van der Waals surface area contributed by atoms with E-state index in [0.29, 0.717) is 32.2 Å². The molecule has 0 aromatic carbocycles. The molecule has 0 aromatic heterocycles. The topological polar surface area (TPSA) is 372 Å². The average molecular weight is 969 g/mol. The minimum absolute atomic E-state index is 0.00913. The van der Waals surface area contributed by atoms with Gasteiger partial charge in [0.1, 0.15) is 0 Å². The number of nitrogens with zero attached hydrogens (tertiary/aromatic N) is 4. The number of nitrogens with one attached hydrogen (secondary N) is 5. The number of hydrogen-bond acceptors (Lipinski definition) is 17. The Morgan fingerprint density at radius 1 is 0.424 bits per heavy atom. The van der Waals surface area contributed by atoms with Crippen molar-refractivity contribution in [2.45, 2.75) is 64.8 Å². The molecule has 8 radical (unpaired) electrons. The van der Waals surface area contributed by atoms with Gasteiger partial charge in [0.15, 0.2) is 0 Å². The fourth-order valence-corrected chi connectivity index (χ4v) is 5.74. The predicted molar refractivity (Wildman–Crippen MR) is 231 cm³/mol. The van der Waals surface area contributed by atoms with Gasteiger partial charge in [-0.2, -0.15) is 0 Å². The molecular formula is C34H57B4N9O17P2-4. The van der Waals surface area contributed by atoms with Gasteiger partial charge in [-0.25, -0.2) is 0 Å². The summed E-state index contributed by atoms with van der Waals surface area (Å²) in [4.78, 5) is 152. The summed E-state index contributed by atoms with van der Waals surface area (Å²) in [6.07, 6.45) is 0.955. The number of rotatable bonds is 34. The molecule has 0 fully saturated rings. The minimum atomic E-state index is -5.16. The smallest absolute Gasteiger partial charge is 0.239 e. The van der Waals surface area contributed by atoms with Gasteiger partial charge in [-0.15, -0.1) is 0 Å². The maximum Gasteiger partial charge on any atom is 0.239 e. The van der Waals surface area contributed by atoms with Gasteiger partial charge in [0.05, 0.1) is 79.9 Å². The van der Waals surface area contributed by atoms with E-state index in [-0.39, 0.29) is 122 Å². The highest BCUT2D eigenvalue weighted by atomic mass is 31.2. The highest BCUT2D eigenvalue weighted by molar-refractivity contribution is 7.43. The molecule has 0 bridgehead atoms. The van der Waals surface area contributed by atoms with Crippen LogP contribution >= 0.6 is 15.6 Å². The average Bonchev–Trinajstić information content (AvgIpc) is 3.23. The van der Waals surface area contributed by atoms with E-state index in [2.05, 4.69) is 35.6 Å². The molecule has 0 unspecified atom stereocenters. The van der Waals surface area contributed by atoms with E-state index >= 15 is 0 Å². The fraction of sp³-hybridized carbons (Fsp3) is 0.735. The summed E-state index contributed by atoms with van der Waals surface area (Å²) >= 11 is 0. The lowest BCUT2D eigenvalue weighted by Gasteiger charge is -2.30. The molecule has 0 spiro atoms. The Labute approximate surface area is 389 Å². The lowest BCUT2D eigenvalue weighted by atomic mass is 10.0. The number of phosphoric acid groups is 2. The zero-order chi connectivity index (χ0) is 50.7. The monoisotopic (exact) mass is 969 g/mol. The van der Waals surface area contributed by atoms with Crippen molar-refractivity contribution >= 4 is 100 Å². The number of phosphoric ester groups is 2. The van der Waals surface area contributed by atoms with Gasteiger partial charge in [0.25, 0.3) is 0 Å². The van der Waals surface area contributed by atoms with E-state index in [1.54, 1.807) is 0 Å². The second-order valence-corrected chi connectivity index (χ2v) is 15.9. The number of unbranched alkanes of at least 4 members (excludes halogenated alkanes) is 3. The first-order valence-electron chi connectivity index (χ1n) is 20.4. The first-order chi connectivity index (χ1) is 30.9. The molecule has 0 aliphatic rings. The van der Waals surface area contributed by atoms with Crippen molar-refractivity contribution in [3.63, 3.8) is 0 Å². The molecule has 0 rings (SSSR count). The molecule has 366 valence electrons.